The van der Waals surface area contributed by atoms with Crippen LogP contribution in [0.15, 0.2) is 35.3 Å². The summed E-state index contributed by atoms with van der Waals surface area (Å²) in [5.74, 6) is -0.292. The molecular weight excluding hydrogens is 312 g/mol. The van der Waals surface area contributed by atoms with Crippen LogP contribution in [0.5, 0.6) is 0 Å². The first kappa shape index (κ1) is 13.7. The quantitative estimate of drug-likeness (QED) is 0.786. The third kappa shape index (κ3) is 2.79. The van der Waals surface area contributed by atoms with Gasteiger partial charge >= 0.3 is 0 Å². The molecule has 1 N–H and O–H groups in total. The lowest BCUT2D eigenvalue weighted by molar-refractivity contribution is 0.103. The minimum absolute atomic E-state index is 0.287. The van der Waals surface area contributed by atoms with Gasteiger partial charge in [-0.2, -0.15) is 10.1 Å². The molecule has 0 bridgehead atoms. The van der Waals surface area contributed by atoms with Crippen LogP contribution in [-0.4, -0.2) is 20.5 Å². The first-order chi connectivity index (χ1) is 10.0. The van der Waals surface area contributed by atoms with E-state index in [9.17, 15) is 9.59 Å². The Morgan fingerprint density at radius 3 is 2.76 bits per heavy atom. The van der Waals surface area contributed by atoms with E-state index in [0.717, 1.165) is 11.3 Å². The number of nitrogens with one attached hydrogen (secondary N) is 1. The van der Waals surface area contributed by atoms with E-state index in [-0.39, 0.29) is 17.2 Å². The highest BCUT2D eigenvalue weighted by Gasteiger charge is 2.13. The highest BCUT2D eigenvalue weighted by molar-refractivity contribution is 7.18. The molecule has 21 heavy (non-hydrogen) atoms. The summed E-state index contributed by atoms with van der Waals surface area (Å²) in [5.41, 5.74) is 0.532. The number of hydrogen-bond donors (Lipinski definition) is 1. The smallest absolute Gasteiger partial charge is 0.295 e. The van der Waals surface area contributed by atoms with Crippen molar-refractivity contribution in [2.24, 2.45) is 0 Å². The molecule has 0 aliphatic heterocycles. The van der Waals surface area contributed by atoms with E-state index in [1.165, 1.54) is 4.52 Å². The fraction of sp³-hybridized carbons (Fsp3) is 0.0769. The average molecular weight is 321 g/mol. The van der Waals surface area contributed by atoms with Gasteiger partial charge in [-0.05, 0) is 31.2 Å². The Bertz CT molecular complexity index is 885. The number of anilines is 1. The number of rotatable bonds is 2. The SMILES string of the molecule is Cc1nn2cc(C(=O)Nc3ccc(Cl)cc3)sc2nc1=O. The van der Waals surface area contributed by atoms with Crippen molar-refractivity contribution in [3.05, 3.63) is 56.4 Å². The molecule has 0 atom stereocenters. The van der Waals surface area contributed by atoms with Crippen LogP contribution in [0.2, 0.25) is 5.02 Å². The van der Waals surface area contributed by atoms with E-state index in [1.807, 2.05) is 0 Å². The minimum Gasteiger partial charge on any atom is -0.321 e. The van der Waals surface area contributed by atoms with Crippen molar-refractivity contribution in [1.29, 1.82) is 0 Å². The lowest BCUT2D eigenvalue weighted by Gasteiger charge is -2.02. The third-order valence-electron chi connectivity index (χ3n) is 2.73. The van der Waals surface area contributed by atoms with Crippen molar-refractivity contribution in [3.8, 4) is 0 Å². The van der Waals surface area contributed by atoms with Gasteiger partial charge in [0, 0.05) is 10.7 Å². The molecule has 0 unspecified atom stereocenters. The maximum atomic E-state index is 12.2. The summed E-state index contributed by atoms with van der Waals surface area (Å²) in [5, 5.41) is 7.39. The second-order valence-electron chi connectivity index (χ2n) is 4.29. The van der Waals surface area contributed by atoms with E-state index in [0.29, 0.717) is 20.5 Å². The second-order valence-corrected chi connectivity index (χ2v) is 5.73. The highest BCUT2D eigenvalue weighted by atomic mass is 35.5. The summed E-state index contributed by atoms with van der Waals surface area (Å²) in [6.07, 6.45) is 1.55. The Hall–Kier alpha value is -2.25. The standard InChI is InChI=1S/C13H9ClN4O2S/c1-7-11(19)16-13-18(17-7)6-10(21-13)12(20)15-9-4-2-8(14)3-5-9/h2-6H,1H3,(H,15,20). The number of nitrogens with zero attached hydrogens (tertiary/aromatic N) is 3. The van der Waals surface area contributed by atoms with Gasteiger partial charge in [0.25, 0.3) is 11.5 Å². The van der Waals surface area contributed by atoms with Gasteiger partial charge in [-0.15, -0.1) is 0 Å². The molecule has 0 saturated heterocycles. The van der Waals surface area contributed by atoms with E-state index < -0.39 is 0 Å². The molecular formula is C13H9ClN4O2S. The van der Waals surface area contributed by atoms with Crippen molar-refractivity contribution in [2.75, 3.05) is 5.32 Å². The molecule has 2 heterocycles. The zero-order valence-electron chi connectivity index (χ0n) is 10.8. The Morgan fingerprint density at radius 2 is 2.05 bits per heavy atom. The Morgan fingerprint density at radius 1 is 1.33 bits per heavy atom. The minimum atomic E-state index is -0.387. The molecule has 1 aromatic carbocycles. The van der Waals surface area contributed by atoms with Crippen LogP contribution >= 0.6 is 22.9 Å². The fourth-order valence-corrected chi connectivity index (χ4v) is 2.62. The molecule has 0 saturated carbocycles. The largest absolute Gasteiger partial charge is 0.321 e. The molecule has 0 spiro atoms. The van der Waals surface area contributed by atoms with Gasteiger partial charge < -0.3 is 5.32 Å². The monoisotopic (exact) mass is 320 g/mol. The Labute approximate surface area is 128 Å². The maximum Gasteiger partial charge on any atom is 0.295 e. The van der Waals surface area contributed by atoms with Gasteiger partial charge in [-0.1, -0.05) is 22.9 Å². The topological polar surface area (TPSA) is 76.4 Å². The number of fused-ring (bicyclic) bond motifs is 1. The number of amides is 1. The van der Waals surface area contributed by atoms with Crippen molar-refractivity contribution < 1.29 is 4.79 Å². The fourth-order valence-electron chi connectivity index (χ4n) is 1.69. The molecule has 0 aliphatic carbocycles. The van der Waals surface area contributed by atoms with Crippen molar-refractivity contribution in [3.63, 3.8) is 0 Å². The van der Waals surface area contributed by atoms with Gasteiger partial charge in [-0.3, -0.25) is 9.59 Å². The Kier molecular flexibility index (Phi) is 3.44. The predicted molar refractivity (Wildman–Crippen MR) is 81.3 cm³/mol. The van der Waals surface area contributed by atoms with Crippen LogP contribution in [0.1, 0.15) is 15.4 Å². The van der Waals surface area contributed by atoms with Crippen LogP contribution in [-0.2, 0) is 0 Å². The molecule has 106 valence electrons. The van der Waals surface area contributed by atoms with Crippen LogP contribution < -0.4 is 10.9 Å². The van der Waals surface area contributed by atoms with Crippen LogP contribution in [0.3, 0.4) is 0 Å². The summed E-state index contributed by atoms with van der Waals surface area (Å²) in [4.78, 5) is 28.3. The molecule has 3 aromatic rings. The number of carbonyl (C=O) groups excluding carboxylic acids is 1. The number of halogens is 1. The molecule has 0 fully saturated rings. The van der Waals surface area contributed by atoms with E-state index >= 15 is 0 Å². The molecule has 8 heteroatoms. The van der Waals surface area contributed by atoms with Gasteiger partial charge in [-0.25, -0.2) is 4.52 Å². The number of aromatic nitrogens is 3. The molecule has 0 aliphatic rings. The number of carbonyl (C=O) groups is 1. The predicted octanol–water partition coefficient (Wildman–Crippen LogP) is 2.37. The Balaban J connectivity index is 1.91. The van der Waals surface area contributed by atoms with E-state index in [4.69, 9.17) is 11.6 Å². The van der Waals surface area contributed by atoms with Gasteiger partial charge in [0.05, 0.1) is 6.20 Å². The lowest BCUT2D eigenvalue weighted by atomic mass is 10.3. The second kappa shape index (κ2) is 5.27. The van der Waals surface area contributed by atoms with Crippen LogP contribution in [0.4, 0.5) is 5.69 Å². The van der Waals surface area contributed by atoms with Crippen molar-refractivity contribution in [1.82, 2.24) is 14.6 Å². The summed E-state index contributed by atoms with van der Waals surface area (Å²) >= 11 is 6.89. The lowest BCUT2D eigenvalue weighted by Crippen LogP contribution is -2.14. The molecule has 3 rings (SSSR count). The molecule has 6 nitrogen and oxygen atoms in total. The summed E-state index contributed by atoms with van der Waals surface area (Å²) in [6, 6.07) is 6.79. The van der Waals surface area contributed by atoms with Gasteiger partial charge in [0.15, 0.2) is 0 Å². The van der Waals surface area contributed by atoms with Crippen molar-refractivity contribution >= 4 is 39.5 Å². The zero-order chi connectivity index (χ0) is 15.0. The number of aryl methyl sites for hydroxylation is 1. The maximum absolute atomic E-state index is 12.2. The number of hydrogen-bond acceptors (Lipinski definition) is 5. The molecule has 1 amide bonds. The van der Waals surface area contributed by atoms with E-state index in [1.54, 1.807) is 37.4 Å². The highest BCUT2D eigenvalue weighted by Crippen LogP contribution is 2.18. The first-order valence-corrected chi connectivity index (χ1v) is 7.16. The van der Waals surface area contributed by atoms with Gasteiger partial charge in [0.2, 0.25) is 4.96 Å². The normalized spacial score (nSPS) is 10.8. The zero-order valence-corrected chi connectivity index (χ0v) is 12.4. The first-order valence-electron chi connectivity index (χ1n) is 5.97. The average Bonchev–Trinajstić information content (AvgIpc) is 2.85. The van der Waals surface area contributed by atoms with Gasteiger partial charge in [0.1, 0.15) is 10.6 Å². The van der Waals surface area contributed by atoms with Crippen molar-refractivity contribution in [2.45, 2.75) is 6.92 Å². The third-order valence-corrected chi connectivity index (χ3v) is 3.95. The van der Waals surface area contributed by atoms with Crippen LogP contribution in [0, 0.1) is 6.92 Å². The van der Waals surface area contributed by atoms with Crippen LogP contribution in [0.25, 0.3) is 4.96 Å². The summed E-state index contributed by atoms with van der Waals surface area (Å²) < 4.78 is 1.43. The molecule has 0 radical (unpaired) electrons. The number of benzene rings is 1. The number of thiazole rings is 1. The summed E-state index contributed by atoms with van der Waals surface area (Å²) in [7, 11) is 0. The van der Waals surface area contributed by atoms with E-state index in [2.05, 4.69) is 15.4 Å². The molecule has 2 aromatic heterocycles. The summed E-state index contributed by atoms with van der Waals surface area (Å²) in [6.45, 7) is 1.58.